The molecule has 0 spiro atoms. The minimum Gasteiger partial charge on any atom is -0.494 e. The molecule has 0 aromatic heterocycles. The van der Waals surface area contributed by atoms with Crippen molar-refractivity contribution in [1.82, 2.24) is 0 Å². The molecule has 116 valence electrons. The molecule has 2 aromatic carbocycles. The molecule has 0 bridgehead atoms. The lowest BCUT2D eigenvalue weighted by atomic mass is 10.2. The molecule has 22 heavy (non-hydrogen) atoms. The summed E-state index contributed by atoms with van der Waals surface area (Å²) >= 11 is 0. The Morgan fingerprint density at radius 3 is 1.73 bits per heavy atom. The summed E-state index contributed by atoms with van der Waals surface area (Å²) in [6.45, 7) is 1.28. The average molecular weight is 299 g/mol. The summed E-state index contributed by atoms with van der Waals surface area (Å²) in [5.41, 5.74) is 12.4. The van der Waals surface area contributed by atoms with Gasteiger partial charge in [-0.1, -0.05) is 0 Å². The van der Waals surface area contributed by atoms with Crippen molar-refractivity contribution >= 4 is 11.5 Å². The van der Waals surface area contributed by atoms with Gasteiger partial charge in [0.05, 0.1) is 13.2 Å². The summed E-state index contributed by atoms with van der Waals surface area (Å²) in [6, 6.07) is 14.6. The van der Waals surface area contributed by atoms with E-state index in [9.17, 15) is 0 Å². The fourth-order valence-electron chi connectivity index (χ4n) is 1.88. The summed E-state index contributed by atoms with van der Waals surface area (Å²) < 4.78 is 11.2. The maximum Gasteiger partial charge on any atom is 0.122 e. The second-order valence-corrected chi connectivity index (χ2v) is 4.91. The highest BCUT2D eigenvalue weighted by molar-refractivity contribution is 5.94. The molecule has 0 unspecified atom stereocenters. The minimum absolute atomic E-state index is 0.0615. The van der Waals surface area contributed by atoms with E-state index in [1.165, 1.54) is 0 Å². The van der Waals surface area contributed by atoms with Crippen LogP contribution in [0.1, 0.15) is 18.4 Å². The van der Waals surface area contributed by atoms with Crippen LogP contribution < -0.4 is 20.9 Å². The first-order valence-corrected chi connectivity index (χ1v) is 7.21. The summed E-state index contributed by atoms with van der Waals surface area (Å²) in [6.07, 6.45) is 1.82. The van der Waals surface area contributed by atoms with E-state index < -0.39 is 0 Å². The summed E-state index contributed by atoms with van der Waals surface area (Å²) in [5, 5.41) is 7.32. The Balaban J connectivity index is 1.61. The number of amidine groups is 1. The Labute approximate surface area is 130 Å². The van der Waals surface area contributed by atoms with Crippen LogP contribution in [0.4, 0.5) is 5.69 Å². The standard InChI is InChI=1S/C17H21N3O2/c18-14-5-9-16(10-6-14)22-12-2-1-11-21-15-7-3-13(4-8-15)17(19)20/h3-10H,1-2,11-12,18H2,(H3,19,20). The first-order valence-electron chi connectivity index (χ1n) is 7.21. The monoisotopic (exact) mass is 299 g/mol. The summed E-state index contributed by atoms with van der Waals surface area (Å²) in [4.78, 5) is 0. The number of nitrogen functional groups attached to an aromatic ring is 2. The van der Waals surface area contributed by atoms with Gasteiger partial charge in [-0.05, 0) is 61.4 Å². The largest absolute Gasteiger partial charge is 0.494 e. The molecule has 0 aliphatic heterocycles. The molecule has 0 radical (unpaired) electrons. The number of ether oxygens (including phenoxy) is 2. The van der Waals surface area contributed by atoms with E-state index in [4.69, 9.17) is 26.4 Å². The minimum atomic E-state index is 0.0615. The fourth-order valence-corrected chi connectivity index (χ4v) is 1.88. The predicted octanol–water partition coefficient (Wildman–Crippen LogP) is 2.79. The maximum absolute atomic E-state index is 7.32. The molecule has 2 rings (SSSR count). The van der Waals surface area contributed by atoms with Crippen LogP contribution in [0, 0.1) is 5.41 Å². The summed E-state index contributed by atoms with van der Waals surface area (Å²) in [7, 11) is 0. The number of nitrogens with one attached hydrogen (secondary N) is 1. The van der Waals surface area contributed by atoms with Crippen molar-refractivity contribution in [2.45, 2.75) is 12.8 Å². The smallest absolute Gasteiger partial charge is 0.122 e. The molecule has 0 aliphatic rings. The Kier molecular flexibility index (Phi) is 5.65. The van der Waals surface area contributed by atoms with Crippen LogP contribution in [0.5, 0.6) is 11.5 Å². The molecule has 0 saturated heterocycles. The van der Waals surface area contributed by atoms with Crippen molar-refractivity contribution < 1.29 is 9.47 Å². The molecule has 0 amide bonds. The SMILES string of the molecule is N=C(N)c1ccc(OCCCCOc2ccc(N)cc2)cc1. The molecule has 0 saturated carbocycles. The molecule has 2 aromatic rings. The second-order valence-electron chi connectivity index (χ2n) is 4.91. The number of unbranched alkanes of at least 4 members (excludes halogenated alkanes) is 1. The zero-order valence-electron chi connectivity index (χ0n) is 12.4. The van der Waals surface area contributed by atoms with Crippen LogP contribution in [0.25, 0.3) is 0 Å². The first-order chi connectivity index (χ1) is 10.6. The second kappa shape index (κ2) is 7.93. The van der Waals surface area contributed by atoms with Crippen LogP contribution in [0.2, 0.25) is 0 Å². The fraction of sp³-hybridized carbons (Fsp3) is 0.235. The highest BCUT2D eigenvalue weighted by Gasteiger charge is 1.98. The van der Waals surface area contributed by atoms with Crippen molar-refractivity contribution in [3.63, 3.8) is 0 Å². The zero-order chi connectivity index (χ0) is 15.8. The Morgan fingerprint density at radius 1 is 0.818 bits per heavy atom. The molecule has 5 heteroatoms. The lowest BCUT2D eigenvalue weighted by molar-refractivity contribution is 0.266. The van der Waals surface area contributed by atoms with Gasteiger partial charge in [0.2, 0.25) is 0 Å². The lowest BCUT2D eigenvalue weighted by Crippen LogP contribution is -2.10. The van der Waals surface area contributed by atoms with Crippen molar-refractivity contribution in [2.24, 2.45) is 5.73 Å². The molecule has 0 fully saturated rings. The van der Waals surface area contributed by atoms with Gasteiger partial charge in [-0.2, -0.15) is 0 Å². The lowest BCUT2D eigenvalue weighted by Gasteiger charge is -2.08. The number of benzene rings is 2. The van der Waals surface area contributed by atoms with E-state index in [0.717, 1.165) is 30.0 Å². The number of nitrogens with two attached hydrogens (primary N) is 2. The normalized spacial score (nSPS) is 10.2. The van der Waals surface area contributed by atoms with E-state index in [2.05, 4.69) is 0 Å². The third kappa shape index (κ3) is 5.01. The molecular formula is C17H21N3O2. The topological polar surface area (TPSA) is 94.4 Å². The molecule has 5 nitrogen and oxygen atoms in total. The third-order valence-corrected chi connectivity index (χ3v) is 3.12. The Hall–Kier alpha value is -2.69. The van der Waals surface area contributed by atoms with Gasteiger partial charge in [0.15, 0.2) is 0 Å². The van der Waals surface area contributed by atoms with Gasteiger partial charge in [0, 0.05) is 11.3 Å². The van der Waals surface area contributed by atoms with Crippen LogP contribution >= 0.6 is 0 Å². The number of anilines is 1. The highest BCUT2D eigenvalue weighted by Crippen LogP contribution is 2.14. The summed E-state index contributed by atoms with van der Waals surface area (Å²) in [5.74, 6) is 1.67. The maximum atomic E-state index is 7.32. The van der Waals surface area contributed by atoms with Gasteiger partial charge >= 0.3 is 0 Å². The van der Waals surface area contributed by atoms with Gasteiger partial charge in [-0.15, -0.1) is 0 Å². The van der Waals surface area contributed by atoms with Crippen molar-refractivity contribution in [3.05, 3.63) is 54.1 Å². The molecule has 0 heterocycles. The quantitative estimate of drug-likeness (QED) is 0.302. The van der Waals surface area contributed by atoms with Crippen molar-refractivity contribution in [1.29, 1.82) is 5.41 Å². The van der Waals surface area contributed by atoms with Crippen molar-refractivity contribution in [3.8, 4) is 11.5 Å². The molecule has 0 atom stereocenters. The van der Waals surface area contributed by atoms with E-state index >= 15 is 0 Å². The molecule has 0 aliphatic carbocycles. The van der Waals surface area contributed by atoms with Crippen LogP contribution in [-0.2, 0) is 0 Å². The molecule has 5 N–H and O–H groups in total. The number of hydrogen-bond donors (Lipinski definition) is 3. The van der Waals surface area contributed by atoms with Crippen LogP contribution in [0.3, 0.4) is 0 Å². The van der Waals surface area contributed by atoms with Gasteiger partial charge < -0.3 is 20.9 Å². The zero-order valence-corrected chi connectivity index (χ0v) is 12.4. The highest BCUT2D eigenvalue weighted by atomic mass is 16.5. The van der Waals surface area contributed by atoms with Crippen LogP contribution in [0.15, 0.2) is 48.5 Å². The molecular weight excluding hydrogens is 278 g/mol. The van der Waals surface area contributed by atoms with Crippen molar-refractivity contribution in [2.75, 3.05) is 18.9 Å². The number of rotatable bonds is 8. The van der Waals surface area contributed by atoms with E-state index in [0.29, 0.717) is 18.8 Å². The third-order valence-electron chi connectivity index (χ3n) is 3.12. The Bertz CT molecular complexity index is 594. The van der Waals surface area contributed by atoms with E-state index in [1.54, 1.807) is 12.1 Å². The van der Waals surface area contributed by atoms with Gasteiger partial charge in [-0.3, -0.25) is 5.41 Å². The number of hydrogen-bond acceptors (Lipinski definition) is 4. The first kappa shape index (κ1) is 15.7. The van der Waals surface area contributed by atoms with Gasteiger partial charge in [-0.25, -0.2) is 0 Å². The van der Waals surface area contributed by atoms with E-state index in [-0.39, 0.29) is 5.84 Å². The average Bonchev–Trinajstić information content (AvgIpc) is 2.53. The van der Waals surface area contributed by atoms with Crippen LogP contribution in [-0.4, -0.2) is 19.0 Å². The Morgan fingerprint density at radius 2 is 1.27 bits per heavy atom. The van der Waals surface area contributed by atoms with E-state index in [1.807, 2.05) is 36.4 Å². The predicted molar refractivity (Wildman–Crippen MR) is 88.5 cm³/mol. The van der Waals surface area contributed by atoms with Gasteiger partial charge in [0.1, 0.15) is 17.3 Å². The van der Waals surface area contributed by atoms with Gasteiger partial charge in [0.25, 0.3) is 0 Å².